The third-order valence-electron chi connectivity index (χ3n) is 2.61. The standard InChI is InChI=1S/C14H14ClN5.C2H4O2/c1-9(12-3-2-8-18-12)13(19-20-14(16)17)10-4-6-11(15)7-5-10;1-2(3)4/h2-8,18H,1H2,(H4,16,17,20);1H3,(H,3,4). The molecule has 2 aromatic rings. The Morgan fingerprint density at radius 2 is 1.96 bits per heavy atom. The van der Waals surface area contributed by atoms with E-state index in [1.165, 1.54) is 0 Å². The molecule has 24 heavy (non-hydrogen) atoms. The van der Waals surface area contributed by atoms with E-state index in [2.05, 4.69) is 22.1 Å². The van der Waals surface area contributed by atoms with Gasteiger partial charge >= 0.3 is 0 Å². The third-order valence-corrected chi connectivity index (χ3v) is 2.87. The molecule has 0 atom stereocenters. The average Bonchev–Trinajstić information content (AvgIpc) is 3.02. The first kappa shape index (κ1) is 19.0. The lowest BCUT2D eigenvalue weighted by Crippen LogP contribution is -2.27. The summed E-state index contributed by atoms with van der Waals surface area (Å²) >= 11 is 5.88. The largest absolute Gasteiger partial charge is 0.481 e. The molecule has 0 saturated heterocycles. The quantitative estimate of drug-likeness (QED) is 0.331. The molecule has 0 amide bonds. The number of halogens is 1. The number of H-pyrrole nitrogens is 1. The Morgan fingerprint density at radius 1 is 1.38 bits per heavy atom. The summed E-state index contributed by atoms with van der Waals surface area (Å²) in [6.45, 7) is 5.11. The van der Waals surface area contributed by atoms with E-state index in [-0.39, 0.29) is 5.96 Å². The van der Waals surface area contributed by atoms with Gasteiger partial charge in [0.05, 0.1) is 5.71 Å². The second-order valence-corrected chi connectivity index (χ2v) is 5.01. The zero-order valence-electron chi connectivity index (χ0n) is 13.0. The van der Waals surface area contributed by atoms with Gasteiger partial charge in [0.1, 0.15) is 0 Å². The van der Waals surface area contributed by atoms with Gasteiger partial charge in [0.25, 0.3) is 5.97 Å². The number of benzene rings is 1. The molecule has 126 valence electrons. The number of carboxylic acids is 1. The van der Waals surface area contributed by atoms with E-state index >= 15 is 0 Å². The van der Waals surface area contributed by atoms with Gasteiger partial charge in [-0.3, -0.25) is 10.2 Å². The van der Waals surface area contributed by atoms with Crippen molar-refractivity contribution in [2.75, 3.05) is 0 Å². The summed E-state index contributed by atoms with van der Waals surface area (Å²) in [7, 11) is 0. The molecular weight excluding hydrogens is 330 g/mol. The lowest BCUT2D eigenvalue weighted by Gasteiger charge is -2.09. The lowest BCUT2D eigenvalue weighted by atomic mass is 10.0. The first-order chi connectivity index (χ1) is 11.3. The summed E-state index contributed by atoms with van der Waals surface area (Å²) in [4.78, 5) is 12.1. The van der Waals surface area contributed by atoms with Gasteiger partial charge in [0, 0.05) is 35.0 Å². The molecule has 0 radical (unpaired) electrons. The predicted octanol–water partition coefficient (Wildman–Crippen LogP) is 2.66. The highest BCUT2D eigenvalue weighted by Crippen LogP contribution is 2.19. The van der Waals surface area contributed by atoms with Crippen LogP contribution in [-0.2, 0) is 4.79 Å². The van der Waals surface area contributed by atoms with Gasteiger partial charge in [-0.25, -0.2) is 5.43 Å². The van der Waals surface area contributed by atoms with Gasteiger partial charge in [-0.05, 0) is 24.3 Å². The summed E-state index contributed by atoms with van der Waals surface area (Å²) < 4.78 is 0. The van der Waals surface area contributed by atoms with Crippen molar-refractivity contribution in [1.29, 1.82) is 5.41 Å². The van der Waals surface area contributed by atoms with Crippen LogP contribution in [0.15, 0.2) is 54.3 Å². The molecule has 8 heteroatoms. The number of aromatic amines is 1. The van der Waals surface area contributed by atoms with Crippen molar-refractivity contribution in [3.8, 4) is 0 Å². The highest BCUT2D eigenvalue weighted by Gasteiger charge is 2.11. The minimum absolute atomic E-state index is 0.240. The van der Waals surface area contributed by atoms with Crippen molar-refractivity contribution in [2.45, 2.75) is 6.92 Å². The number of aromatic nitrogens is 1. The Labute approximate surface area is 144 Å². The monoisotopic (exact) mass is 347 g/mol. The second kappa shape index (κ2) is 9.16. The van der Waals surface area contributed by atoms with Crippen molar-refractivity contribution in [2.24, 2.45) is 10.8 Å². The molecular formula is C16H18ClN5O2. The minimum Gasteiger partial charge on any atom is -0.481 e. The molecule has 6 N–H and O–H groups in total. The number of carbonyl (C=O) groups is 1. The fourth-order valence-corrected chi connectivity index (χ4v) is 1.80. The van der Waals surface area contributed by atoms with Crippen molar-refractivity contribution in [3.63, 3.8) is 0 Å². The molecule has 0 saturated carbocycles. The third kappa shape index (κ3) is 6.37. The fraction of sp³-hybridized carbons (Fsp3) is 0.0625. The van der Waals surface area contributed by atoms with E-state index in [1.54, 1.807) is 18.3 Å². The van der Waals surface area contributed by atoms with Gasteiger partial charge in [0.15, 0.2) is 0 Å². The number of allylic oxidation sites excluding steroid dienone is 1. The summed E-state index contributed by atoms with van der Waals surface area (Å²) in [5.74, 6) is -1.07. The number of nitrogens with one attached hydrogen (secondary N) is 3. The van der Waals surface area contributed by atoms with E-state index in [9.17, 15) is 0 Å². The zero-order chi connectivity index (χ0) is 18.1. The van der Waals surface area contributed by atoms with E-state index in [0.717, 1.165) is 18.2 Å². The zero-order valence-corrected chi connectivity index (χ0v) is 13.8. The maximum atomic E-state index is 9.00. The normalized spacial score (nSPS) is 10.3. The fourth-order valence-electron chi connectivity index (χ4n) is 1.68. The van der Waals surface area contributed by atoms with Crippen LogP contribution in [0.3, 0.4) is 0 Å². The Bertz CT molecular complexity index is 732. The van der Waals surface area contributed by atoms with Gasteiger partial charge in [0.2, 0.25) is 5.96 Å². The minimum atomic E-state index is -0.833. The maximum absolute atomic E-state index is 9.00. The Kier molecular flexibility index (Phi) is 7.25. The summed E-state index contributed by atoms with van der Waals surface area (Å²) in [5.41, 5.74) is 10.6. The number of nitrogens with two attached hydrogens (primary N) is 1. The first-order valence-electron chi connectivity index (χ1n) is 6.77. The van der Waals surface area contributed by atoms with Crippen LogP contribution in [-0.4, -0.2) is 27.7 Å². The molecule has 1 aromatic carbocycles. The topological polar surface area (TPSA) is 127 Å². The number of nitrogens with zero attached hydrogens (tertiary/aromatic N) is 1. The van der Waals surface area contributed by atoms with Gasteiger partial charge in [-0.15, -0.1) is 0 Å². The van der Waals surface area contributed by atoms with E-state index in [1.807, 2.05) is 24.3 Å². The van der Waals surface area contributed by atoms with E-state index in [4.69, 9.17) is 32.6 Å². The number of hydrogen-bond donors (Lipinski definition) is 5. The molecule has 0 bridgehead atoms. The van der Waals surface area contributed by atoms with Crippen LogP contribution < -0.4 is 11.2 Å². The summed E-state index contributed by atoms with van der Waals surface area (Å²) in [6, 6.07) is 11.0. The van der Waals surface area contributed by atoms with Gasteiger partial charge in [-0.2, -0.15) is 5.10 Å². The number of carboxylic acid groups (broad SMARTS) is 1. The van der Waals surface area contributed by atoms with Crippen LogP contribution in [0, 0.1) is 5.41 Å². The van der Waals surface area contributed by atoms with Crippen LogP contribution in [0.25, 0.3) is 5.57 Å². The number of hydrazone groups is 1. The van der Waals surface area contributed by atoms with Crippen LogP contribution in [0.4, 0.5) is 0 Å². The summed E-state index contributed by atoms with van der Waals surface area (Å²) in [5, 5.41) is 19.4. The Hall–Kier alpha value is -3.06. The molecule has 0 fully saturated rings. The second-order valence-electron chi connectivity index (χ2n) is 4.57. The van der Waals surface area contributed by atoms with Gasteiger partial charge < -0.3 is 15.8 Å². The van der Waals surface area contributed by atoms with Crippen molar-refractivity contribution >= 4 is 34.8 Å². The van der Waals surface area contributed by atoms with E-state index in [0.29, 0.717) is 16.3 Å². The molecule has 0 aliphatic carbocycles. The van der Waals surface area contributed by atoms with Crippen LogP contribution in [0.5, 0.6) is 0 Å². The molecule has 0 aliphatic heterocycles. The molecule has 0 spiro atoms. The smallest absolute Gasteiger partial charge is 0.300 e. The number of guanidine groups is 1. The first-order valence-corrected chi connectivity index (χ1v) is 7.15. The predicted molar refractivity (Wildman–Crippen MR) is 96.2 cm³/mol. The Balaban J connectivity index is 0.000000648. The molecule has 7 nitrogen and oxygen atoms in total. The molecule has 0 aliphatic rings. The van der Waals surface area contributed by atoms with Crippen LogP contribution in [0.1, 0.15) is 18.2 Å². The van der Waals surface area contributed by atoms with Gasteiger partial charge in [-0.1, -0.05) is 30.3 Å². The van der Waals surface area contributed by atoms with Crippen molar-refractivity contribution in [1.82, 2.24) is 10.4 Å². The lowest BCUT2D eigenvalue weighted by molar-refractivity contribution is -0.134. The average molecular weight is 348 g/mol. The van der Waals surface area contributed by atoms with E-state index < -0.39 is 5.97 Å². The Morgan fingerprint density at radius 3 is 2.42 bits per heavy atom. The highest BCUT2D eigenvalue weighted by atomic mass is 35.5. The molecule has 2 rings (SSSR count). The van der Waals surface area contributed by atoms with Crippen molar-refractivity contribution in [3.05, 3.63) is 65.5 Å². The highest BCUT2D eigenvalue weighted by molar-refractivity contribution is 6.32. The SMILES string of the molecule is C=C(C(=NNC(=N)N)c1ccc(Cl)cc1)c1ccc[nH]1.CC(=O)O. The van der Waals surface area contributed by atoms with Crippen molar-refractivity contribution < 1.29 is 9.90 Å². The molecule has 1 aromatic heterocycles. The summed E-state index contributed by atoms with van der Waals surface area (Å²) in [6.07, 6.45) is 1.80. The molecule has 1 heterocycles. The number of hydrogen-bond acceptors (Lipinski definition) is 3. The van der Waals surface area contributed by atoms with Crippen LogP contribution >= 0.6 is 11.6 Å². The molecule has 0 unspecified atom stereocenters. The van der Waals surface area contributed by atoms with Crippen LogP contribution in [0.2, 0.25) is 5.02 Å². The number of rotatable bonds is 4. The number of aliphatic carboxylic acids is 1. The maximum Gasteiger partial charge on any atom is 0.300 e.